The smallest absolute Gasteiger partial charge is 0.206 e. The highest BCUT2D eigenvalue weighted by Gasteiger charge is 2.31. The topological polar surface area (TPSA) is 0 Å². The molecule has 0 saturated carbocycles. The molecular formula is C19H14F4S2. The summed E-state index contributed by atoms with van der Waals surface area (Å²) in [7, 11) is -1.06. The van der Waals surface area contributed by atoms with E-state index < -0.39 is 38.9 Å². The molecule has 0 aromatic heterocycles. The van der Waals surface area contributed by atoms with Crippen LogP contribution in [-0.2, 0) is 0 Å². The quantitative estimate of drug-likeness (QED) is 0.290. The highest BCUT2D eigenvalue weighted by Crippen LogP contribution is 2.52. The SMILES string of the molecule is Fc1ccc([SH](c2ccccc2)c2ccccc2)cc1SC(F)(F)F. The first kappa shape index (κ1) is 17.9. The summed E-state index contributed by atoms with van der Waals surface area (Å²) < 4.78 is 52.0. The molecule has 0 unspecified atom stereocenters. The number of hydrogen-bond acceptors (Lipinski definition) is 1. The maximum absolute atomic E-state index is 13.9. The number of hydrogen-bond donors (Lipinski definition) is 1. The molecule has 0 nitrogen and oxygen atoms in total. The monoisotopic (exact) mass is 382 g/mol. The molecule has 0 spiro atoms. The average molecular weight is 382 g/mol. The number of thioether (sulfide) groups is 1. The Bertz CT molecular complexity index is 794. The van der Waals surface area contributed by atoms with Crippen molar-refractivity contribution >= 4 is 22.7 Å². The molecule has 0 heterocycles. The predicted molar refractivity (Wildman–Crippen MR) is 95.0 cm³/mol. The summed E-state index contributed by atoms with van der Waals surface area (Å²) in [6.45, 7) is 0. The van der Waals surface area contributed by atoms with Crippen molar-refractivity contribution in [1.29, 1.82) is 0 Å². The molecular weight excluding hydrogens is 368 g/mol. The maximum atomic E-state index is 13.9. The number of thiol groups is 1. The fourth-order valence-corrected chi connectivity index (χ4v) is 5.44. The summed E-state index contributed by atoms with van der Waals surface area (Å²) >= 11 is -0.415. The largest absolute Gasteiger partial charge is 0.446 e. The lowest BCUT2D eigenvalue weighted by atomic mass is 10.3. The summed E-state index contributed by atoms with van der Waals surface area (Å²) in [5.41, 5.74) is -4.53. The molecule has 25 heavy (non-hydrogen) atoms. The van der Waals surface area contributed by atoms with Crippen LogP contribution in [0.1, 0.15) is 0 Å². The summed E-state index contributed by atoms with van der Waals surface area (Å²) in [5, 5.41) is 0. The van der Waals surface area contributed by atoms with E-state index in [1.54, 1.807) is 6.07 Å². The van der Waals surface area contributed by atoms with Crippen LogP contribution < -0.4 is 0 Å². The van der Waals surface area contributed by atoms with E-state index >= 15 is 0 Å². The predicted octanol–water partition coefficient (Wildman–Crippen LogP) is 6.92. The van der Waals surface area contributed by atoms with Crippen molar-refractivity contribution in [3.8, 4) is 0 Å². The van der Waals surface area contributed by atoms with Crippen LogP contribution >= 0.6 is 22.7 Å². The van der Waals surface area contributed by atoms with Crippen LogP contribution in [0.3, 0.4) is 0 Å². The fourth-order valence-electron chi connectivity index (χ4n) is 2.44. The van der Waals surface area contributed by atoms with Gasteiger partial charge in [-0.1, -0.05) is 36.4 Å². The molecule has 3 aromatic carbocycles. The Morgan fingerprint density at radius 3 is 1.68 bits per heavy atom. The molecule has 0 amide bonds. The molecule has 3 aromatic rings. The van der Waals surface area contributed by atoms with E-state index in [4.69, 9.17) is 0 Å². The van der Waals surface area contributed by atoms with Gasteiger partial charge < -0.3 is 0 Å². The van der Waals surface area contributed by atoms with Gasteiger partial charge in [0.05, 0.1) is 4.90 Å². The van der Waals surface area contributed by atoms with Crippen LogP contribution in [0.25, 0.3) is 0 Å². The third-order valence-corrected chi connectivity index (χ3v) is 6.62. The zero-order valence-electron chi connectivity index (χ0n) is 12.9. The molecule has 0 aliphatic carbocycles. The van der Waals surface area contributed by atoms with Crippen molar-refractivity contribution in [2.75, 3.05) is 0 Å². The van der Waals surface area contributed by atoms with Crippen molar-refractivity contribution in [1.82, 2.24) is 0 Å². The lowest BCUT2D eigenvalue weighted by molar-refractivity contribution is -0.0329. The standard InChI is InChI=1S/C19H14F4S2/c20-17-12-11-16(13-18(17)24-19(21,22)23)25(14-7-3-1-4-8-14)15-9-5-2-6-10-15/h1-13,25H. The van der Waals surface area contributed by atoms with Gasteiger partial charge in [-0.15, -0.1) is 0 Å². The molecule has 6 heteroatoms. The van der Waals surface area contributed by atoms with Gasteiger partial charge in [0.1, 0.15) is 5.82 Å². The lowest BCUT2D eigenvalue weighted by Gasteiger charge is -2.24. The Balaban J connectivity index is 2.10. The first-order chi connectivity index (χ1) is 11.9. The third-order valence-electron chi connectivity index (χ3n) is 3.43. The van der Waals surface area contributed by atoms with Crippen LogP contribution in [0, 0.1) is 5.82 Å². The van der Waals surface area contributed by atoms with Gasteiger partial charge in [-0.3, -0.25) is 0 Å². The van der Waals surface area contributed by atoms with E-state index in [9.17, 15) is 17.6 Å². The third kappa shape index (κ3) is 4.58. The Hall–Kier alpha value is -1.92. The van der Waals surface area contributed by atoms with E-state index in [-0.39, 0.29) is 0 Å². The first-order valence-corrected chi connectivity index (χ1v) is 9.55. The summed E-state index contributed by atoms with van der Waals surface area (Å²) in [4.78, 5) is 2.28. The molecule has 130 valence electrons. The van der Waals surface area contributed by atoms with E-state index in [0.717, 1.165) is 15.9 Å². The molecule has 0 bridgehead atoms. The van der Waals surface area contributed by atoms with Crippen LogP contribution in [0.15, 0.2) is 98.4 Å². The molecule has 3 rings (SSSR count). The molecule has 0 aliphatic rings. The molecule has 0 N–H and O–H groups in total. The first-order valence-electron chi connectivity index (χ1n) is 7.39. The Morgan fingerprint density at radius 2 is 1.20 bits per heavy atom. The second-order valence-electron chi connectivity index (χ2n) is 5.17. The van der Waals surface area contributed by atoms with Crippen molar-refractivity contribution in [3.63, 3.8) is 0 Å². The van der Waals surface area contributed by atoms with Crippen molar-refractivity contribution in [2.45, 2.75) is 25.1 Å². The number of rotatable bonds is 4. The van der Waals surface area contributed by atoms with E-state index in [0.29, 0.717) is 4.90 Å². The minimum Gasteiger partial charge on any atom is -0.206 e. The Labute approximate surface area is 150 Å². The number of halogens is 4. The van der Waals surface area contributed by atoms with Crippen LogP contribution in [0.2, 0.25) is 0 Å². The maximum Gasteiger partial charge on any atom is 0.446 e. The zero-order chi connectivity index (χ0) is 17.9. The van der Waals surface area contributed by atoms with Crippen LogP contribution in [-0.4, -0.2) is 5.51 Å². The van der Waals surface area contributed by atoms with E-state index in [2.05, 4.69) is 0 Å². The highest BCUT2D eigenvalue weighted by atomic mass is 32.2. The zero-order valence-corrected chi connectivity index (χ0v) is 14.6. The molecule has 0 atom stereocenters. The van der Waals surface area contributed by atoms with Crippen molar-refractivity contribution in [3.05, 3.63) is 84.7 Å². The molecule has 0 radical (unpaired) electrons. The average Bonchev–Trinajstić information content (AvgIpc) is 2.59. The van der Waals surface area contributed by atoms with Gasteiger partial charge >= 0.3 is 5.51 Å². The van der Waals surface area contributed by atoms with Crippen LogP contribution in [0.4, 0.5) is 17.6 Å². The van der Waals surface area contributed by atoms with Gasteiger partial charge in [0.2, 0.25) is 0 Å². The fraction of sp³-hybridized carbons (Fsp3) is 0.0526. The van der Waals surface area contributed by atoms with Gasteiger partial charge in [0.25, 0.3) is 0 Å². The van der Waals surface area contributed by atoms with Gasteiger partial charge in [-0.05, 0) is 68.9 Å². The lowest BCUT2D eigenvalue weighted by Crippen LogP contribution is -2.01. The summed E-state index contributed by atoms with van der Waals surface area (Å²) in [5.74, 6) is -0.859. The second kappa shape index (κ2) is 7.54. The summed E-state index contributed by atoms with van der Waals surface area (Å²) in [6, 6.07) is 23.1. The van der Waals surface area contributed by atoms with Crippen LogP contribution in [0.5, 0.6) is 0 Å². The minimum atomic E-state index is -4.53. The van der Waals surface area contributed by atoms with E-state index in [1.165, 1.54) is 6.07 Å². The Morgan fingerprint density at radius 1 is 0.680 bits per heavy atom. The normalized spacial score (nSPS) is 12.1. The highest BCUT2D eigenvalue weighted by molar-refractivity contribution is 8.17. The Kier molecular flexibility index (Phi) is 5.39. The minimum absolute atomic E-state index is 0.399. The molecule has 0 fully saturated rings. The molecule has 0 saturated heterocycles. The van der Waals surface area contributed by atoms with Crippen molar-refractivity contribution < 1.29 is 17.6 Å². The number of alkyl halides is 3. The summed E-state index contributed by atoms with van der Waals surface area (Å²) in [6.07, 6.45) is 0. The van der Waals surface area contributed by atoms with Gasteiger partial charge in [0.15, 0.2) is 0 Å². The van der Waals surface area contributed by atoms with Gasteiger partial charge in [-0.2, -0.15) is 24.1 Å². The second-order valence-corrected chi connectivity index (χ2v) is 8.50. The number of benzene rings is 3. The van der Waals surface area contributed by atoms with E-state index in [1.807, 2.05) is 60.7 Å². The van der Waals surface area contributed by atoms with Gasteiger partial charge in [0, 0.05) is 0 Å². The van der Waals surface area contributed by atoms with Gasteiger partial charge in [-0.25, -0.2) is 4.39 Å². The van der Waals surface area contributed by atoms with Crippen molar-refractivity contribution in [2.24, 2.45) is 0 Å². The molecule has 0 aliphatic heterocycles.